The summed E-state index contributed by atoms with van der Waals surface area (Å²) in [7, 11) is 0. The lowest BCUT2D eigenvalue weighted by Gasteiger charge is -2.24. The van der Waals surface area contributed by atoms with Gasteiger partial charge in [-0.15, -0.1) is 0 Å². The van der Waals surface area contributed by atoms with Crippen LogP contribution in [-0.4, -0.2) is 29.6 Å². The van der Waals surface area contributed by atoms with Crippen molar-refractivity contribution in [3.8, 4) is 0 Å². The number of carbonyl (C=O) groups excluding carboxylic acids is 2. The fourth-order valence-electron chi connectivity index (χ4n) is 4.58. The van der Waals surface area contributed by atoms with E-state index < -0.39 is 34.7 Å². The number of halogens is 4. The lowest BCUT2D eigenvalue weighted by molar-refractivity contribution is -0.138. The van der Waals surface area contributed by atoms with Gasteiger partial charge in [-0.25, -0.2) is 4.79 Å². The standard InChI is InChI=1S/C31H29ClF3N3O4/c32-27-15-12-24(18-26(27)31(33,34)35)37-30(42)38(25-13-10-22(11-14-25)21-4-2-1-3-5-21)19-20-6-8-23(9-7-20)29(41)36-17-16-28(39)40/h4,6-15,18H,1-3,5,16-17,19H2,(H,36,41)(H,37,42)(H,39,40). The molecule has 0 saturated carbocycles. The molecule has 0 atom stereocenters. The summed E-state index contributed by atoms with van der Waals surface area (Å²) in [5.74, 6) is -1.46. The molecule has 4 rings (SSSR count). The summed E-state index contributed by atoms with van der Waals surface area (Å²) >= 11 is 5.74. The van der Waals surface area contributed by atoms with Gasteiger partial charge in [-0.1, -0.05) is 41.9 Å². The minimum absolute atomic E-state index is 0.0164. The molecule has 0 aromatic heterocycles. The van der Waals surface area contributed by atoms with Gasteiger partial charge >= 0.3 is 18.2 Å². The number of hydrogen-bond acceptors (Lipinski definition) is 3. The zero-order valence-electron chi connectivity index (χ0n) is 22.5. The number of hydrogen-bond donors (Lipinski definition) is 3. The molecular weight excluding hydrogens is 571 g/mol. The molecule has 3 aromatic rings. The number of urea groups is 1. The van der Waals surface area contributed by atoms with Crippen molar-refractivity contribution in [2.75, 3.05) is 16.8 Å². The van der Waals surface area contributed by atoms with E-state index in [1.165, 1.54) is 16.5 Å². The van der Waals surface area contributed by atoms with Gasteiger partial charge in [-0.2, -0.15) is 13.2 Å². The number of carbonyl (C=O) groups is 3. The predicted molar refractivity (Wildman–Crippen MR) is 156 cm³/mol. The number of carboxylic acids is 1. The Morgan fingerprint density at radius 3 is 2.29 bits per heavy atom. The van der Waals surface area contributed by atoms with Crippen LogP contribution in [0.25, 0.3) is 5.57 Å². The third-order valence-electron chi connectivity index (χ3n) is 6.79. The highest BCUT2D eigenvalue weighted by atomic mass is 35.5. The van der Waals surface area contributed by atoms with E-state index in [1.807, 2.05) is 12.1 Å². The number of nitrogens with one attached hydrogen (secondary N) is 2. The first-order valence-electron chi connectivity index (χ1n) is 13.3. The first-order chi connectivity index (χ1) is 20.0. The number of aliphatic carboxylic acids is 1. The Hall–Kier alpha value is -4.31. The van der Waals surface area contributed by atoms with Crippen LogP contribution in [0, 0.1) is 0 Å². The normalized spacial score (nSPS) is 13.2. The third-order valence-corrected chi connectivity index (χ3v) is 7.12. The van der Waals surface area contributed by atoms with Gasteiger partial charge in [0, 0.05) is 23.5 Å². The van der Waals surface area contributed by atoms with E-state index in [4.69, 9.17) is 16.7 Å². The second-order valence-electron chi connectivity index (χ2n) is 9.83. The maximum Gasteiger partial charge on any atom is 0.417 e. The summed E-state index contributed by atoms with van der Waals surface area (Å²) < 4.78 is 40.2. The van der Waals surface area contributed by atoms with Gasteiger partial charge in [0.2, 0.25) is 0 Å². The molecule has 11 heteroatoms. The smallest absolute Gasteiger partial charge is 0.417 e. The van der Waals surface area contributed by atoms with Crippen molar-refractivity contribution in [3.05, 3.63) is 100 Å². The molecule has 0 unspecified atom stereocenters. The summed E-state index contributed by atoms with van der Waals surface area (Å²) in [6.45, 7) is 0.0338. The van der Waals surface area contributed by atoms with E-state index in [-0.39, 0.29) is 25.2 Å². The van der Waals surface area contributed by atoms with E-state index in [9.17, 15) is 27.6 Å². The second-order valence-corrected chi connectivity index (χ2v) is 10.2. The van der Waals surface area contributed by atoms with Crippen LogP contribution in [0.4, 0.5) is 29.3 Å². The molecule has 42 heavy (non-hydrogen) atoms. The van der Waals surface area contributed by atoms with Crippen LogP contribution in [0.2, 0.25) is 5.02 Å². The number of alkyl halides is 3. The van der Waals surface area contributed by atoms with Crippen LogP contribution < -0.4 is 15.5 Å². The molecule has 0 radical (unpaired) electrons. The predicted octanol–water partition coefficient (Wildman–Crippen LogP) is 7.76. The Balaban J connectivity index is 1.57. The molecule has 1 aliphatic carbocycles. The molecule has 0 spiro atoms. The van der Waals surface area contributed by atoms with Crippen molar-refractivity contribution < 1.29 is 32.7 Å². The number of rotatable bonds is 9. The topological polar surface area (TPSA) is 98.7 Å². The Labute approximate surface area is 246 Å². The maximum atomic E-state index is 13.5. The zero-order valence-corrected chi connectivity index (χ0v) is 23.3. The van der Waals surface area contributed by atoms with Crippen LogP contribution in [-0.2, 0) is 17.5 Å². The van der Waals surface area contributed by atoms with Crippen LogP contribution in [0.3, 0.4) is 0 Å². The average Bonchev–Trinajstić information content (AvgIpc) is 2.97. The molecule has 0 heterocycles. The lowest BCUT2D eigenvalue weighted by Crippen LogP contribution is -2.34. The van der Waals surface area contributed by atoms with Crippen molar-refractivity contribution in [2.24, 2.45) is 0 Å². The summed E-state index contributed by atoms with van der Waals surface area (Å²) in [5, 5.41) is 13.3. The minimum atomic E-state index is -4.69. The number of amides is 3. The third kappa shape index (κ3) is 8.13. The molecule has 0 fully saturated rings. The monoisotopic (exact) mass is 599 g/mol. The van der Waals surface area contributed by atoms with E-state index in [0.29, 0.717) is 16.8 Å². The van der Waals surface area contributed by atoms with Crippen molar-refractivity contribution >= 4 is 46.5 Å². The summed E-state index contributed by atoms with van der Waals surface area (Å²) in [6.07, 6.45) is 1.56. The Morgan fingerprint density at radius 2 is 1.67 bits per heavy atom. The van der Waals surface area contributed by atoms with Gasteiger partial charge in [-0.3, -0.25) is 14.5 Å². The van der Waals surface area contributed by atoms with Crippen LogP contribution in [0.15, 0.2) is 72.8 Å². The van der Waals surface area contributed by atoms with Gasteiger partial charge in [0.25, 0.3) is 5.91 Å². The minimum Gasteiger partial charge on any atom is -0.481 e. The molecular formula is C31H29ClF3N3O4. The first kappa shape index (κ1) is 30.6. The van der Waals surface area contributed by atoms with Crippen molar-refractivity contribution in [2.45, 2.75) is 44.8 Å². The largest absolute Gasteiger partial charge is 0.481 e. The SMILES string of the molecule is O=C(O)CCNC(=O)c1ccc(CN(C(=O)Nc2ccc(Cl)c(C(F)(F)F)c2)c2ccc(C3=CCCCC3)cc2)cc1. The first-order valence-corrected chi connectivity index (χ1v) is 13.7. The van der Waals surface area contributed by atoms with Crippen LogP contribution in [0.5, 0.6) is 0 Å². The van der Waals surface area contributed by atoms with E-state index in [2.05, 4.69) is 16.7 Å². The number of anilines is 2. The fraction of sp³-hybridized carbons (Fsp3) is 0.258. The lowest BCUT2D eigenvalue weighted by atomic mass is 9.93. The number of nitrogens with zero attached hydrogens (tertiary/aromatic N) is 1. The van der Waals surface area contributed by atoms with E-state index in [0.717, 1.165) is 43.4 Å². The highest BCUT2D eigenvalue weighted by Gasteiger charge is 2.33. The molecule has 3 amide bonds. The number of benzene rings is 3. The van der Waals surface area contributed by atoms with E-state index in [1.54, 1.807) is 36.4 Å². The van der Waals surface area contributed by atoms with Crippen molar-refractivity contribution in [1.82, 2.24) is 5.32 Å². The van der Waals surface area contributed by atoms with E-state index >= 15 is 0 Å². The Morgan fingerprint density at radius 1 is 0.952 bits per heavy atom. The molecule has 3 aromatic carbocycles. The number of carboxylic acid groups (broad SMARTS) is 1. The fourth-order valence-corrected chi connectivity index (χ4v) is 4.80. The molecule has 0 saturated heterocycles. The van der Waals surface area contributed by atoms with Gasteiger partial charge in [-0.05, 0) is 84.8 Å². The molecule has 1 aliphatic rings. The molecule has 0 bridgehead atoms. The Bertz CT molecular complexity index is 1470. The van der Waals surface area contributed by atoms with Gasteiger partial charge in [0.05, 0.1) is 23.6 Å². The van der Waals surface area contributed by atoms with Crippen LogP contribution >= 0.6 is 11.6 Å². The van der Waals surface area contributed by atoms with Gasteiger partial charge in [0.1, 0.15) is 0 Å². The maximum absolute atomic E-state index is 13.5. The highest BCUT2D eigenvalue weighted by molar-refractivity contribution is 6.31. The van der Waals surface area contributed by atoms with Crippen molar-refractivity contribution in [1.29, 1.82) is 0 Å². The number of allylic oxidation sites excluding steroid dienone is 2. The summed E-state index contributed by atoms with van der Waals surface area (Å²) in [6, 6.07) is 16.3. The van der Waals surface area contributed by atoms with Crippen molar-refractivity contribution in [3.63, 3.8) is 0 Å². The molecule has 0 aliphatic heterocycles. The molecule has 3 N–H and O–H groups in total. The molecule has 7 nitrogen and oxygen atoms in total. The van der Waals surface area contributed by atoms with Gasteiger partial charge < -0.3 is 15.7 Å². The summed E-state index contributed by atoms with van der Waals surface area (Å²) in [5.41, 5.74) is 2.64. The molecule has 220 valence electrons. The van der Waals surface area contributed by atoms with Gasteiger partial charge in [0.15, 0.2) is 0 Å². The second kappa shape index (κ2) is 13.6. The van der Waals surface area contributed by atoms with Crippen LogP contribution in [0.1, 0.15) is 59.2 Å². The zero-order chi connectivity index (χ0) is 30.3. The Kier molecular flexibility index (Phi) is 9.90. The highest BCUT2D eigenvalue weighted by Crippen LogP contribution is 2.36. The average molecular weight is 600 g/mol. The quantitative estimate of drug-likeness (QED) is 0.234. The summed E-state index contributed by atoms with van der Waals surface area (Å²) in [4.78, 5) is 37.9.